The molecule has 2 heterocycles. The molecule has 0 aromatic carbocycles. The third kappa shape index (κ3) is 2.19. The van der Waals surface area contributed by atoms with Crippen molar-refractivity contribution >= 4 is 5.82 Å². The van der Waals surface area contributed by atoms with Gasteiger partial charge in [-0.05, 0) is 24.4 Å². The fourth-order valence-corrected chi connectivity index (χ4v) is 1.88. The average molecular weight is 203 g/mol. The number of azide groups is 1. The molecule has 2 rings (SSSR count). The van der Waals surface area contributed by atoms with Crippen molar-refractivity contribution in [3.05, 3.63) is 34.3 Å². The molecule has 0 bridgehead atoms. The first-order valence-corrected chi connectivity index (χ1v) is 5.11. The first-order chi connectivity index (χ1) is 7.42. The van der Waals surface area contributed by atoms with Crippen LogP contribution in [0.25, 0.3) is 10.4 Å². The maximum atomic E-state index is 8.31. The minimum atomic E-state index is 0.385. The zero-order valence-electron chi connectivity index (χ0n) is 8.50. The summed E-state index contributed by atoms with van der Waals surface area (Å²) in [6.07, 6.45) is 4.22. The second kappa shape index (κ2) is 4.66. The summed E-state index contributed by atoms with van der Waals surface area (Å²) in [5.74, 6) is 0.974. The van der Waals surface area contributed by atoms with Crippen LogP contribution in [0.1, 0.15) is 18.4 Å². The molecule has 0 atom stereocenters. The van der Waals surface area contributed by atoms with Crippen LogP contribution in [-0.4, -0.2) is 18.1 Å². The monoisotopic (exact) mass is 203 g/mol. The van der Waals surface area contributed by atoms with Crippen LogP contribution in [0.4, 0.5) is 5.82 Å². The molecule has 0 amide bonds. The van der Waals surface area contributed by atoms with Crippen LogP contribution in [0, 0.1) is 0 Å². The zero-order chi connectivity index (χ0) is 10.5. The maximum absolute atomic E-state index is 8.31. The Hall–Kier alpha value is -1.74. The second-order valence-electron chi connectivity index (χ2n) is 3.57. The van der Waals surface area contributed by atoms with Crippen molar-refractivity contribution in [1.29, 1.82) is 0 Å². The fourth-order valence-electron chi connectivity index (χ4n) is 1.88. The second-order valence-corrected chi connectivity index (χ2v) is 3.57. The largest absolute Gasteiger partial charge is 0.356 e. The summed E-state index contributed by atoms with van der Waals surface area (Å²) in [6, 6.07) is 3.84. The van der Waals surface area contributed by atoms with E-state index in [1.165, 1.54) is 12.8 Å². The van der Waals surface area contributed by atoms with Crippen molar-refractivity contribution < 1.29 is 0 Å². The summed E-state index contributed by atoms with van der Waals surface area (Å²) in [4.78, 5) is 9.39. The molecule has 0 aliphatic carbocycles. The molecule has 1 fully saturated rings. The highest BCUT2D eigenvalue weighted by molar-refractivity contribution is 5.47. The van der Waals surface area contributed by atoms with Gasteiger partial charge in [0.15, 0.2) is 0 Å². The Bertz CT molecular complexity index is 377. The van der Waals surface area contributed by atoms with E-state index in [0.29, 0.717) is 6.54 Å². The molecule has 78 valence electrons. The first-order valence-electron chi connectivity index (χ1n) is 5.11. The first kappa shape index (κ1) is 9.80. The number of anilines is 1. The minimum absolute atomic E-state index is 0.385. The van der Waals surface area contributed by atoms with Crippen molar-refractivity contribution in [1.82, 2.24) is 4.98 Å². The van der Waals surface area contributed by atoms with E-state index in [1.807, 2.05) is 12.1 Å². The highest BCUT2D eigenvalue weighted by Crippen LogP contribution is 2.22. The molecule has 0 spiro atoms. The molecule has 1 aromatic heterocycles. The molecule has 1 aliphatic heterocycles. The van der Waals surface area contributed by atoms with Gasteiger partial charge in [-0.2, -0.15) is 0 Å². The molecule has 5 heteroatoms. The van der Waals surface area contributed by atoms with E-state index in [4.69, 9.17) is 5.53 Å². The quantitative estimate of drug-likeness (QED) is 0.430. The van der Waals surface area contributed by atoms with E-state index < -0.39 is 0 Å². The van der Waals surface area contributed by atoms with Crippen molar-refractivity contribution in [2.75, 3.05) is 18.0 Å². The molecule has 0 N–H and O–H groups in total. The van der Waals surface area contributed by atoms with Gasteiger partial charge < -0.3 is 4.90 Å². The van der Waals surface area contributed by atoms with E-state index in [0.717, 1.165) is 24.5 Å². The third-order valence-electron chi connectivity index (χ3n) is 2.58. The number of aromatic nitrogens is 1. The van der Waals surface area contributed by atoms with Crippen molar-refractivity contribution in [3.8, 4) is 0 Å². The van der Waals surface area contributed by atoms with Gasteiger partial charge in [-0.25, -0.2) is 4.98 Å². The Kier molecular flexibility index (Phi) is 3.05. The van der Waals surface area contributed by atoms with Gasteiger partial charge in [-0.3, -0.25) is 0 Å². The molecule has 1 saturated heterocycles. The lowest BCUT2D eigenvalue weighted by Gasteiger charge is -2.18. The predicted molar refractivity (Wildman–Crippen MR) is 58.5 cm³/mol. The fraction of sp³-hybridized carbons (Fsp3) is 0.500. The van der Waals surface area contributed by atoms with Crippen molar-refractivity contribution in [2.24, 2.45) is 5.11 Å². The molecule has 1 aromatic rings. The predicted octanol–water partition coefficient (Wildman–Crippen LogP) is 2.49. The molecular weight excluding hydrogens is 190 g/mol. The minimum Gasteiger partial charge on any atom is -0.356 e. The average Bonchev–Trinajstić information content (AvgIpc) is 2.80. The lowest BCUT2D eigenvalue weighted by atomic mass is 10.2. The van der Waals surface area contributed by atoms with Crippen molar-refractivity contribution in [3.63, 3.8) is 0 Å². The summed E-state index contributed by atoms with van der Waals surface area (Å²) in [6.45, 7) is 2.50. The smallest absolute Gasteiger partial charge is 0.131 e. The van der Waals surface area contributed by atoms with Crippen LogP contribution in [0.3, 0.4) is 0 Å². The van der Waals surface area contributed by atoms with Gasteiger partial charge in [-0.1, -0.05) is 11.2 Å². The van der Waals surface area contributed by atoms with E-state index in [2.05, 4.69) is 19.9 Å². The molecule has 15 heavy (non-hydrogen) atoms. The number of hydrogen-bond acceptors (Lipinski definition) is 3. The van der Waals surface area contributed by atoms with E-state index >= 15 is 0 Å². The van der Waals surface area contributed by atoms with Crippen LogP contribution >= 0.6 is 0 Å². The van der Waals surface area contributed by atoms with Gasteiger partial charge >= 0.3 is 0 Å². The number of nitrogens with zero attached hydrogens (tertiary/aromatic N) is 5. The maximum Gasteiger partial charge on any atom is 0.131 e. The number of hydrogen-bond donors (Lipinski definition) is 0. The Morgan fingerprint density at radius 2 is 2.27 bits per heavy atom. The molecule has 0 saturated carbocycles. The van der Waals surface area contributed by atoms with Crippen LogP contribution in [-0.2, 0) is 6.54 Å². The van der Waals surface area contributed by atoms with Gasteiger partial charge in [0.25, 0.3) is 0 Å². The summed E-state index contributed by atoms with van der Waals surface area (Å²) in [5.41, 5.74) is 9.32. The van der Waals surface area contributed by atoms with Crippen molar-refractivity contribution in [2.45, 2.75) is 19.4 Å². The number of rotatable bonds is 3. The van der Waals surface area contributed by atoms with Crippen LogP contribution in [0.2, 0.25) is 0 Å². The normalized spacial score (nSPS) is 15.1. The summed E-state index contributed by atoms with van der Waals surface area (Å²) >= 11 is 0. The van der Waals surface area contributed by atoms with E-state index in [-0.39, 0.29) is 0 Å². The van der Waals surface area contributed by atoms with Crippen LogP contribution < -0.4 is 4.90 Å². The zero-order valence-corrected chi connectivity index (χ0v) is 8.50. The third-order valence-corrected chi connectivity index (χ3v) is 2.58. The highest BCUT2D eigenvalue weighted by Gasteiger charge is 2.15. The summed E-state index contributed by atoms with van der Waals surface area (Å²) in [7, 11) is 0. The Morgan fingerprint density at radius 3 is 3.00 bits per heavy atom. The van der Waals surface area contributed by atoms with Crippen LogP contribution in [0.5, 0.6) is 0 Å². The molecule has 0 radical (unpaired) electrons. The highest BCUT2D eigenvalue weighted by atomic mass is 15.2. The van der Waals surface area contributed by atoms with Gasteiger partial charge in [-0.15, -0.1) is 0 Å². The summed E-state index contributed by atoms with van der Waals surface area (Å²) in [5, 5.41) is 3.59. The molecule has 0 unspecified atom stereocenters. The Balaban J connectivity index is 2.23. The lowest BCUT2D eigenvalue weighted by Crippen LogP contribution is -2.20. The van der Waals surface area contributed by atoms with Gasteiger partial charge in [0.2, 0.25) is 0 Å². The van der Waals surface area contributed by atoms with E-state index in [1.54, 1.807) is 6.20 Å². The van der Waals surface area contributed by atoms with E-state index in [9.17, 15) is 0 Å². The van der Waals surface area contributed by atoms with Crippen LogP contribution in [0.15, 0.2) is 23.4 Å². The standard InChI is InChI=1S/C10H13N5/c11-14-13-8-9-4-3-5-12-10(9)15-6-1-2-7-15/h3-5H,1-2,6-8H2. The molecule has 5 nitrogen and oxygen atoms in total. The number of pyridine rings is 1. The summed E-state index contributed by atoms with van der Waals surface area (Å²) < 4.78 is 0. The topological polar surface area (TPSA) is 64.9 Å². The molecular formula is C10H13N5. The van der Waals surface area contributed by atoms with Gasteiger partial charge in [0, 0.05) is 29.8 Å². The van der Waals surface area contributed by atoms with Gasteiger partial charge in [0.05, 0.1) is 6.54 Å². The van der Waals surface area contributed by atoms with Gasteiger partial charge in [0.1, 0.15) is 5.82 Å². The lowest BCUT2D eigenvalue weighted by molar-refractivity contribution is 0.904. The Labute approximate surface area is 88.4 Å². The Morgan fingerprint density at radius 1 is 1.47 bits per heavy atom. The molecule has 1 aliphatic rings. The SMILES string of the molecule is [N-]=[N+]=NCc1cccnc1N1CCCC1.